The largest absolute Gasteiger partial charge is 0.507 e. The number of hydrogen-bond donors (Lipinski definition) is 2. The van der Waals surface area contributed by atoms with Gasteiger partial charge in [-0.3, -0.25) is 9.78 Å². The van der Waals surface area contributed by atoms with Crippen LogP contribution < -0.4 is 5.32 Å². The van der Waals surface area contributed by atoms with Crippen LogP contribution in [0.25, 0.3) is 22.6 Å². The number of anilines is 1. The average molecular weight is 345 g/mol. The SMILES string of the molecule is Cc1ccc2oc(-c3ccc(NC(=O)c4cccnc4)cc3O)nc2c1. The number of benzene rings is 2. The number of nitrogens with one attached hydrogen (secondary N) is 1. The van der Waals surface area contributed by atoms with Gasteiger partial charge in [0.1, 0.15) is 11.3 Å². The van der Waals surface area contributed by atoms with Gasteiger partial charge in [-0.1, -0.05) is 6.07 Å². The van der Waals surface area contributed by atoms with Crippen molar-refractivity contribution in [3.63, 3.8) is 0 Å². The van der Waals surface area contributed by atoms with Crippen LogP contribution >= 0.6 is 0 Å². The van der Waals surface area contributed by atoms with Gasteiger partial charge in [0.2, 0.25) is 5.89 Å². The van der Waals surface area contributed by atoms with Crippen molar-refractivity contribution in [1.29, 1.82) is 0 Å². The molecule has 0 bridgehead atoms. The number of fused-ring (bicyclic) bond motifs is 1. The summed E-state index contributed by atoms with van der Waals surface area (Å²) >= 11 is 0. The number of pyridine rings is 1. The summed E-state index contributed by atoms with van der Waals surface area (Å²) in [5, 5.41) is 13.1. The van der Waals surface area contributed by atoms with Gasteiger partial charge < -0.3 is 14.8 Å². The molecular formula is C20H15N3O3. The van der Waals surface area contributed by atoms with Crippen LogP contribution in [0.4, 0.5) is 5.69 Å². The van der Waals surface area contributed by atoms with Gasteiger partial charge >= 0.3 is 0 Å². The summed E-state index contributed by atoms with van der Waals surface area (Å²) in [6.45, 7) is 1.98. The van der Waals surface area contributed by atoms with Gasteiger partial charge in [-0.2, -0.15) is 0 Å². The molecule has 128 valence electrons. The van der Waals surface area contributed by atoms with Gasteiger partial charge in [0.05, 0.1) is 11.1 Å². The second kappa shape index (κ2) is 6.33. The van der Waals surface area contributed by atoms with Crippen molar-refractivity contribution in [2.24, 2.45) is 0 Å². The van der Waals surface area contributed by atoms with Crippen LogP contribution in [0.1, 0.15) is 15.9 Å². The van der Waals surface area contributed by atoms with Crippen LogP contribution in [0.3, 0.4) is 0 Å². The third kappa shape index (κ3) is 3.00. The molecule has 2 N–H and O–H groups in total. The number of phenolic OH excluding ortho intramolecular Hbond substituents is 1. The van der Waals surface area contributed by atoms with Gasteiger partial charge in [-0.05, 0) is 48.9 Å². The molecule has 0 spiro atoms. The number of rotatable bonds is 3. The van der Waals surface area contributed by atoms with Crippen molar-refractivity contribution in [3.8, 4) is 17.2 Å². The molecule has 2 aromatic carbocycles. The minimum atomic E-state index is -0.303. The quantitative estimate of drug-likeness (QED) is 0.582. The summed E-state index contributed by atoms with van der Waals surface area (Å²) in [6, 6.07) is 13.9. The Labute approximate surface area is 149 Å². The number of carbonyl (C=O) groups excluding carboxylic acids is 1. The maximum absolute atomic E-state index is 12.2. The lowest BCUT2D eigenvalue weighted by Gasteiger charge is -2.07. The van der Waals surface area contributed by atoms with Crippen molar-refractivity contribution in [1.82, 2.24) is 9.97 Å². The van der Waals surface area contributed by atoms with Crippen LogP contribution in [0, 0.1) is 6.92 Å². The van der Waals surface area contributed by atoms with Crippen LogP contribution in [0.2, 0.25) is 0 Å². The van der Waals surface area contributed by atoms with Gasteiger partial charge in [-0.15, -0.1) is 0 Å². The Morgan fingerprint density at radius 1 is 1.15 bits per heavy atom. The van der Waals surface area contributed by atoms with E-state index in [1.54, 1.807) is 30.5 Å². The molecule has 1 amide bonds. The Morgan fingerprint density at radius 2 is 2.04 bits per heavy atom. The smallest absolute Gasteiger partial charge is 0.257 e. The summed E-state index contributed by atoms with van der Waals surface area (Å²) < 4.78 is 5.71. The predicted octanol–water partition coefficient (Wildman–Crippen LogP) is 4.16. The van der Waals surface area contributed by atoms with Crippen molar-refractivity contribution < 1.29 is 14.3 Å². The highest BCUT2D eigenvalue weighted by Crippen LogP contribution is 2.33. The number of hydrogen-bond acceptors (Lipinski definition) is 5. The number of oxazole rings is 1. The van der Waals surface area contributed by atoms with Gasteiger partial charge in [-0.25, -0.2) is 4.98 Å². The van der Waals surface area contributed by atoms with E-state index in [-0.39, 0.29) is 11.7 Å². The molecule has 0 radical (unpaired) electrons. The Morgan fingerprint density at radius 3 is 2.81 bits per heavy atom. The monoisotopic (exact) mass is 345 g/mol. The minimum absolute atomic E-state index is 0.0303. The number of amides is 1. The highest BCUT2D eigenvalue weighted by Gasteiger charge is 2.14. The zero-order valence-corrected chi connectivity index (χ0v) is 13.9. The topological polar surface area (TPSA) is 88.2 Å². The fraction of sp³-hybridized carbons (Fsp3) is 0.0500. The zero-order chi connectivity index (χ0) is 18.1. The summed E-state index contributed by atoms with van der Waals surface area (Å²) in [5.41, 5.74) is 3.82. The van der Waals surface area contributed by atoms with Crippen LogP contribution in [0.15, 0.2) is 65.3 Å². The minimum Gasteiger partial charge on any atom is -0.507 e. The van der Waals surface area contributed by atoms with Crippen molar-refractivity contribution in [3.05, 3.63) is 72.1 Å². The van der Waals surface area contributed by atoms with Gasteiger partial charge in [0.15, 0.2) is 5.58 Å². The fourth-order valence-corrected chi connectivity index (χ4v) is 2.64. The standard InChI is InChI=1S/C20H15N3O3/c1-12-4-7-18-16(9-12)23-20(26-18)15-6-5-14(10-17(15)24)22-19(25)13-3-2-8-21-11-13/h2-11,24H,1H3,(H,22,25). The average Bonchev–Trinajstić information content (AvgIpc) is 3.05. The van der Waals surface area contributed by atoms with E-state index in [1.807, 2.05) is 25.1 Å². The lowest BCUT2D eigenvalue weighted by atomic mass is 10.1. The Balaban J connectivity index is 1.62. The van der Waals surface area contributed by atoms with E-state index in [0.29, 0.717) is 28.3 Å². The maximum atomic E-state index is 12.2. The van der Waals surface area contributed by atoms with E-state index in [0.717, 1.165) is 11.1 Å². The van der Waals surface area contributed by atoms with E-state index in [1.165, 1.54) is 12.3 Å². The second-order valence-corrected chi connectivity index (χ2v) is 5.92. The van der Waals surface area contributed by atoms with Crippen molar-refractivity contribution >= 4 is 22.7 Å². The molecule has 0 saturated carbocycles. The highest BCUT2D eigenvalue weighted by atomic mass is 16.3. The lowest BCUT2D eigenvalue weighted by Crippen LogP contribution is -2.11. The molecule has 26 heavy (non-hydrogen) atoms. The van der Waals surface area contributed by atoms with E-state index < -0.39 is 0 Å². The number of aryl methyl sites for hydroxylation is 1. The number of aromatic hydroxyl groups is 1. The third-order valence-corrected chi connectivity index (χ3v) is 3.95. The molecule has 0 aliphatic heterocycles. The molecule has 6 nitrogen and oxygen atoms in total. The number of nitrogens with zero attached hydrogens (tertiary/aromatic N) is 2. The van der Waals surface area contributed by atoms with E-state index in [2.05, 4.69) is 15.3 Å². The first-order valence-corrected chi connectivity index (χ1v) is 8.02. The van der Waals surface area contributed by atoms with Crippen LogP contribution in [-0.2, 0) is 0 Å². The summed E-state index contributed by atoms with van der Waals surface area (Å²) in [7, 11) is 0. The van der Waals surface area contributed by atoms with E-state index >= 15 is 0 Å². The second-order valence-electron chi connectivity index (χ2n) is 5.92. The van der Waals surface area contributed by atoms with Crippen LogP contribution in [0.5, 0.6) is 5.75 Å². The fourth-order valence-electron chi connectivity index (χ4n) is 2.64. The highest BCUT2D eigenvalue weighted by molar-refractivity contribution is 6.04. The first-order valence-electron chi connectivity index (χ1n) is 8.02. The molecule has 0 aliphatic rings. The molecule has 0 aliphatic carbocycles. The molecule has 0 fully saturated rings. The molecule has 2 aromatic heterocycles. The molecule has 0 atom stereocenters. The lowest BCUT2D eigenvalue weighted by molar-refractivity contribution is 0.102. The maximum Gasteiger partial charge on any atom is 0.257 e. The molecule has 2 heterocycles. The molecule has 0 saturated heterocycles. The Bertz CT molecular complexity index is 1100. The molecule has 4 rings (SSSR count). The van der Waals surface area contributed by atoms with Crippen molar-refractivity contribution in [2.75, 3.05) is 5.32 Å². The van der Waals surface area contributed by atoms with Crippen molar-refractivity contribution in [2.45, 2.75) is 6.92 Å². The predicted molar refractivity (Wildman–Crippen MR) is 98.0 cm³/mol. The summed E-state index contributed by atoms with van der Waals surface area (Å²) in [4.78, 5) is 20.5. The third-order valence-electron chi connectivity index (χ3n) is 3.95. The number of aromatic nitrogens is 2. The van der Waals surface area contributed by atoms with Crippen LogP contribution in [-0.4, -0.2) is 21.0 Å². The first-order chi connectivity index (χ1) is 12.6. The zero-order valence-electron chi connectivity index (χ0n) is 13.9. The Kier molecular flexibility index (Phi) is 3.85. The molecule has 0 unspecified atom stereocenters. The molecule has 6 heteroatoms. The molecular weight excluding hydrogens is 330 g/mol. The van der Waals surface area contributed by atoms with Gasteiger partial charge in [0, 0.05) is 24.1 Å². The van der Waals surface area contributed by atoms with E-state index in [4.69, 9.17) is 4.42 Å². The van der Waals surface area contributed by atoms with Gasteiger partial charge in [0.25, 0.3) is 5.91 Å². The number of carbonyl (C=O) groups is 1. The van der Waals surface area contributed by atoms with E-state index in [9.17, 15) is 9.90 Å². The Hall–Kier alpha value is -3.67. The molecule has 4 aromatic rings. The summed E-state index contributed by atoms with van der Waals surface area (Å²) in [6.07, 6.45) is 3.07. The summed E-state index contributed by atoms with van der Waals surface area (Å²) in [5.74, 6) is -0.00640. The normalized spacial score (nSPS) is 10.8. The first kappa shape index (κ1) is 15.8. The number of phenols is 1.